The third kappa shape index (κ3) is 6.46. The molecule has 0 spiro atoms. The van der Waals surface area contributed by atoms with E-state index in [1.54, 1.807) is 60.7 Å². The molecule has 158 valence electrons. The van der Waals surface area contributed by atoms with E-state index in [4.69, 9.17) is 39.5 Å². The van der Waals surface area contributed by atoms with Crippen molar-refractivity contribution in [2.75, 3.05) is 5.32 Å². The number of nitrogens with one attached hydrogen (secondary N) is 2. The van der Waals surface area contributed by atoms with Crippen LogP contribution in [0.1, 0.15) is 11.1 Å². The fourth-order valence-electron chi connectivity index (χ4n) is 2.46. The first-order chi connectivity index (χ1) is 14.9. The highest BCUT2D eigenvalue weighted by molar-refractivity contribution is 6.42. The maximum Gasteiger partial charge on any atom is 0.329 e. The molecule has 0 atom stereocenters. The van der Waals surface area contributed by atoms with Crippen molar-refractivity contribution in [2.24, 2.45) is 5.10 Å². The Kier molecular flexibility index (Phi) is 7.89. The Bertz CT molecular complexity index is 1140. The molecule has 31 heavy (non-hydrogen) atoms. The average molecular weight is 477 g/mol. The van der Waals surface area contributed by atoms with Gasteiger partial charge in [-0.25, -0.2) is 5.43 Å². The number of hydrogen-bond acceptors (Lipinski definition) is 4. The average Bonchev–Trinajstić information content (AvgIpc) is 2.76. The van der Waals surface area contributed by atoms with Crippen molar-refractivity contribution >= 4 is 58.5 Å². The van der Waals surface area contributed by atoms with E-state index in [0.29, 0.717) is 32.1 Å². The summed E-state index contributed by atoms with van der Waals surface area (Å²) in [6.07, 6.45) is 1.38. The van der Waals surface area contributed by atoms with Crippen LogP contribution < -0.4 is 15.5 Å². The number of amides is 2. The second-order valence-corrected chi connectivity index (χ2v) is 7.43. The Labute approximate surface area is 193 Å². The van der Waals surface area contributed by atoms with Gasteiger partial charge in [0.25, 0.3) is 0 Å². The molecule has 2 N–H and O–H groups in total. The van der Waals surface area contributed by atoms with Crippen LogP contribution in [0.5, 0.6) is 5.75 Å². The van der Waals surface area contributed by atoms with Crippen molar-refractivity contribution in [3.63, 3.8) is 0 Å². The zero-order valence-corrected chi connectivity index (χ0v) is 18.2. The van der Waals surface area contributed by atoms with Crippen LogP contribution in [0.15, 0.2) is 71.8 Å². The lowest BCUT2D eigenvalue weighted by Gasteiger charge is -2.09. The van der Waals surface area contributed by atoms with E-state index in [1.165, 1.54) is 6.21 Å². The molecule has 0 bridgehead atoms. The predicted octanol–water partition coefficient (Wildman–Crippen LogP) is 5.31. The van der Waals surface area contributed by atoms with E-state index < -0.39 is 11.8 Å². The van der Waals surface area contributed by atoms with E-state index in [2.05, 4.69) is 15.8 Å². The van der Waals surface area contributed by atoms with E-state index in [-0.39, 0.29) is 6.61 Å². The highest BCUT2D eigenvalue weighted by atomic mass is 35.5. The fourth-order valence-corrected chi connectivity index (χ4v) is 2.97. The molecule has 0 aliphatic rings. The molecular weight excluding hydrogens is 461 g/mol. The van der Waals surface area contributed by atoms with Gasteiger partial charge in [-0.2, -0.15) is 5.10 Å². The van der Waals surface area contributed by atoms with E-state index in [1.807, 2.05) is 6.07 Å². The number of halogens is 3. The number of rotatable bonds is 6. The van der Waals surface area contributed by atoms with Gasteiger partial charge in [0.05, 0.1) is 27.0 Å². The smallest absolute Gasteiger partial charge is 0.329 e. The number of anilines is 1. The Balaban J connectivity index is 1.59. The second kappa shape index (κ2) is 10.8. The molecule has 0 radical (unpaired) electrons. The molecule has 3 rings (SSSR count). The SMILES string of the molecule is O=C(N/N=C\c1ccccc1OCc1ccc(Cl)c(Cl)c1)C(=O)Nc1ccccc1Cl. The number of nitrogens with zero attached hydrogens (tertiary/aromatic N) is 1. The maximum atomic E-state index is 12.0. The van der Waals surface area contributed by atoms with Gasteiger partial charge in [0.1, 0.15) is 12.4 Å². The van der Waals surface area contributed by atoms with Crippen molar-refractivity contribution in [1.29, 1.82) is 0 Å². The Morgan fingerprint density at radius 2 is 1.61 bits per heavy atom. The van der Waals surface area contributed by atoms with Gasteiger partial charge < -0.3 is 10.1 Å². The summed E-state index contributed by atoms with van der Waals surface area (Å²) in [6, 6.07) is 18.9. The molecule has 0 aliphatic carbocycles. The van der Waals surface area contributed by atoms with Crippen LogP contribution in [0.25, 0.3) is 0 Å². The molecule has 0 heterocycles. The highest BCUT2D eigenvalue weighted by Crippen LogP contribution is 2.24. The number of hydrazone groups is 1. The molecule has 3 aromatic rings. The highest BCUT2D eigenvalue weighted by Gasteiger charge is 2.14. The van der Waals surface area contributed by atoms with Crippen molar-refractivity contribution < 1.29 is 14.3 Å². The molecule has 0 unspecified atom stereocenters. The number of ether oxygens (including phenoxy) is 1. The second-order valence-electron chi connectivity index (χ2n) is 6.21. The zero-order valence-electron chi connectivity index (χ0n) is 15.9. The van der Waals surface area contributed by atoms with Crippen molar-refractivity contribution in [3.05, 3.63) is 92.9 Å². The fraction of sp³-hybridized carbons (Fsp3) is 0.0455. The molecule has 0 saturated carbocycles. The molecule has 0 aliphatic heterocycles. The predicted molar refractivity (Wildman–Crippen MR) is 123 cm³/mol. The van der Waals surface area contributed by atoms with Crippen LogP contribution in [0, 0.1) is 0 Å². The molecule has 2 amide bonds. The van der Waals surface area contributed by atoms with Crippen LogP contribution in [-0.2, 0) is 16.2 Å². The Morgan fingerprint density at radius 1 is 0.871 bits per heavy atom. The molecule has 0 saturated heterocycles. The number of hydrogen-bond donors (Lipinski definition) is 2. The zero-order chi connectivity index (χ0) is 22.2. The summed E-state index contributed by atoms with van der Waals surface area (Å²) in [5, 5.41) is 7.47. The van der Waals surface area contributed by atoms with Crippen LogP contribution in [-0.4, -0.2) is 18.0 Å². The number of benzene rings is 3. The van der Waals surface area contributed by atoms with Gasteiger partial charge in [-0.15, -0.1) is 0 Å². The third-order valence-electron chi connectivity index (χ3n) is 4.00. The standard InChI is InChI=1S/C22H16Cl3N3O3/c23-16-10-9-14(11-18(16)25)13-31-20-8-4-1-5-15(20)12-26-28-22(30)21(29)27-19-7-3-2-6-17(19)24/h1-12H,13H2,(H,27,29)(H,28,30)/b26-12-. The quantitative estimate of drug-likeness (QED) is 0.287. The maximum absolute atomic E-state index is 12.0. The summed E-state index contributed by atoms with van der Waals surface area (Å²) in [5.74, 6) is -1.30. The Hall–Kier alpha value is -3.06. The minimum atomic E-state index is -0.939. The minimum Gasteiger partial charge on any atom is -0.488 e. The first-order valence-corrected chi connectivity index (χ1v) is 10.1. The van der Waals surface area contributed by atoms with Crippen molar-refractivity contribution in [2.45, 2.75) is 6.61 Å². The summed E-state index contributed by atoms with van der Waals surface area (Å²) < 4.78 is 5.82. The van der Waals surface area contributed by atoms with Gasteiger partial charge in [0.15, 0.2) is 0 Å². The number of carbonyl (C=O) groups is 2. The molecule has 6 nitrogen and oxygen atoms in total. The van der Waals surface area contributed by atoms with Gasteiger partial charge in [0.2, 0.25) is 0 Å². The first-order valence-electron chi connectivity index (χ1n) is 8.98. The lowest BCUT2D eigenvalue weighted by Crippen LogP contribution is -2.32. The molecule has 3 aromatic carbocycles. The summed E-state index contributed by atoms with van der Waals surface area (Å²) >= 11 is 17.9. The van der Waals surface area contributed by atoms with E-state index in [9.17, 15) is 9.59 Å². The number of para-hydroxylation sites is 2. The molecular formula is C22H16Cl3N3O3. The van der Waals surface area contributed by atoms with Crippen molar-refractivity contribution in [3.8, 4) is 5.75 Å². The minimum absolute atomic E-state index is 0.258. The van der Waals surface area contributed by atoms with Gasteiger partial charge in [-0.3, -0.25) is 9.59 Å². The number of carbonyl (C=O) groups excluding carboxylic acids is 2. The normalized spacial score (nSPS) is 10.7. The van der Waals surface area contributed by atoms with E-state index in [0.717, 1.165) is 5.56 Å². The van der Waals surface area contributed by atoms with Crippen LogP contribution in [0.4, 0.5) is 5.69 Å². The topological polar surface area (TPSA) is 79.8 Å². The lowest BCUT2D eigenvalue weighted by molar-refractivity contribution is -0.136. The van der Waals surface area contributed by atoms with Crippen LogP contribution in [0.3, 0.4) is 0 Å². The Morgan fingerprint density at radius 3 is 2.39 bits per heavy atom. The first kappa shape index (κ1) is 22.6. The van der Waals surface area contributed by atoms with Crippen LogP contribution in [0.2, 0.25) is 15.1 Å². The third-order valence-corrected chi connectivity index (χ3v) is 5.06. The van der Waals surface area contributed by atoms with Crippen LogP contribution >= 0.6 is 34.8 Å². The van der Waals surface area contributed by atoms with Crippen molar-refractivity contribution in [1.82, 2.24) is 5.43 Å². The summed E-state index contributed by atoms with van der Waals surface area (Å²) in [7, 11) is 0. The molecule has 0 aromatic heterocycles. The van der Waals surface area contributed by atoms with Gasteiger partial charge >= 0.3 is 11.8 Å². The molecule has 9 heteroatoms. The van der Waals surface area contributed by atoms with Gasteiger partial charge in [-0.05, 0) is 42.0 Å². The summed E-state index contributed by atoms with van der Waals surface area (Å²) in [4.78, 5) is 24.0. The van der Waals surface area contributed by atoms with Gasteiger partial charge in [-0.1, -0.05) is 65.1 Å². The summed E-state index contributed by atoms with van der Waals surface area (Å²) in [5.41, 5.74) is 3.95. The van der Waals surface area contributed by atoms with Gasteiger partial charge in [0, 0.05) is 5.56 Å². The largest absolute Gasteiger partial charge is 0.488 e. The molecule has 0 fully saturated rings. The summed E-state index contributed by atoms with van der Waals surface area (Å²) in [6.45, 7) is 0.258. The van der Waals surface area contributed by atoms with E-state index >= 15 is 0 Å². The monoisotopic (exact) mass is 475 g/mol. The lowest BCUT2D eigenvalue weighted by atomic mass is 10.2.